The van der Waals surface area contributed by atoms with Crippen LogP contribution in [0.15, 0.2) is 36.4 Å². The molecule has 2 aromatic carbocycles. The minimum absolute atomic E-state index is 0.00401. The zero-order valence-electron chi connectivity index (χ0n) is 17.8. The lowest BCUT2D eigenvalue weighted by Crippen LogP contribution is -2.14. The first kappa shape index (κ1) is 22.9. The van der Waals surface area contributed by atoms with Crippen molar-refractivity contribution >= 4 is 28.9 Å². The van der Waals surface area contributed by atoms with Crippen molar-refractivity contribution in [3.05, 3.63) is 47.0 Å². The smallest absolute Gasteiger partial charge is 0.224 e. The molecule has 29 heavy (non-hydrogen) atoms. The van der Waals surface area contributed by atoms with E-state index < -0.39 is 0 Å². The molecule has 0 radical (unpaired) electrons. The van der Waals surface area contributed by atoms with E-state index in [1.807, 2.05) is 71.0 Å². The monoisotopic (exact) mass is 418 g/mol. The first-order chi connectivity index (χ1) is 13.8. The van der Waals surface area contributed by atoms with Gasteiger partial charge in [0, 0.05) is 24.3 Å². The van der Waals surface area contributed by atoms with E-state index in [4.69, 9.17) is 21.1 Å². The third kappa shape index (κ3) is 7.50. The molecule has 0 aliphatic carbocycles. The van der Waals surface area contributed by atoms with Crippen LogP contribution in [0.4, 0.5) is 11.4 Å². The number of carbonyl (C=O) groups excluding carboxylic acids is 1. The molecular formula is C23H31ClN2O3. The first-order valence-corrected chi connectivity index (χ1v) is 10.4. The number of benzene rings is 2. The van der Waals surface area contributed by atoms with Crippen molar-refractivity contribution in [2.45, 2.75) is 53.7 Å². The van der Waals surface area contributed by atoms with Crippen LogP contribution in [0.25, 0.3) is 0 Å². The number of ether oxygens (including phenoxy) is 2. The molecule has 1 amide bonds. The highest BCUT2D eigenvalue weighted by molar-refractivity contribution is 6.32. The van der Waals surface area contributed by atoms with Gasteiger partial charge >= 0.3 is 0 Å². The number of halogens is 1. The number of anilines is 2. The lowest BCUT2D eigenvalue weighted by atomic mass is 10.1. The number of nitrogens with one attached hydrogen (secondary N) is 2. The second-order valence-electron chi connectivity index (χ2n) is 7.59. The normalized spacial score (nSPS) is 10.9. The number of rotatable bonds is 10. The van der Waals surface area contributed by atoms with Crippen LogP contribution in [-0.2, 0) is 11.3 Å². The van der Waals surface area contributed by atoms with E-state index in [0.717, 1.165) is 16.9 Å². The molecule has 5 nitrogen and oxygen atoms in total. The predicted molar refractivity (Wildman–Crippen MR) is 120 cm³/mol. The Morgan fingerprint density at radius 1 is 1.10 bits per heavy atom. The Morgan fingerprint density at radius 3 is 2.48 bits per heavy atom. The van der Waals surface area contributed by atoms with E-state index in [0.29, 0.717) is 42.0 Å². The van der Waals surface area contributed by atoms with Crippen LogP contribution in [0.3, 0.4) is 0 Å². The van der Waals surface area contributed by atoms with Crippen LogP contribution < -0.4 is 20.1 Å². The van der Waals surface area contributed by atoms with E-state index in [1.54, 1.807) is 0 Å². The first-order valence-electron chi connectivity index (χ1n) is 10.0. The van der Waals surface area contributed by atoms with Gasteiger partial charge in [-0.3, -0.25) is 4.79 Å². The third-order valence-electron chi connectivity index (χ3n) is 3.96. The van der Waals surface area contributed by atoms with E-state index in [9.17, 15) is 4.79 Å². The molecule has 0 bridgehead atoms. The largest absolute Gasteiger partial charge is 0.490 e. The molecular weight excluding hydrogens is 388 g/mol. The highest BCUT2D eigenvalue weighted by atomic mass is 35.5. The summed E-state index contributed by atoms with van der Waals surface area (Å²) < 4.78 is 11.5. The predicted octanol–water partition coefficient (Wildman–Crippen LogP) is 6.12. The molecule has 158 valence electrons. The summed E-state index contributed by atoms with van der Waals surface area (Å²) in [7, 11) is 0. The Hall–Kier alpha value is -2.40. The number of hydrogen-bond donors (Lipinski definition) is 2. The average molecular weight is 419 g/mol. The Morgan fingerprint density at radius 2 is 1.83 bits per heavy atom. The fourth-order valence-electron chi connectivity index (χ4n) is 2.83. The van der Waals surface area contributed by atoms with Gasteiger partial charge < -0.3 is 20.1 Å². The van der Waals surface area contributed by atoms with Gasteiger partial charge in [-0.05, 0) is 62.6 Å². The van der Waals surface area contributed by atoms with Gasteiger partial charge in [0.25, 0.3) is 0 Å². The summed E-state index contributed by atoms with van der Waals surface area (Å²) in [4.78, 5) is 12.0. The van der Waals surface area contributed by atoms with Crippen LogP contribution in [0, 0.1) is 5.92 Å². The summed E-state index contributed by atoms with van der Waals surface area (Å²) in [6.45, 7) is 11.0. The second-order valence-corrected chi connectivity index (χ2v) is 7.99. The van der Waals surface area contributed by atoms with Crippen LogP contribution in [0.1, 0.15) is 46.6 Å². The van der Waals surface area contributed by atoms with Gasteiger partial charge in [0.2, 0.25) is 5.91 Å². The number of amides is 1. The molecule has 2 N–H and O–H groups in total. The summed E-state index contributed by atoms with van der Waals surface area (Å²) >= 11 is 6.44. The zero-order chi connectivity index (χ0) is 21.4. The SMILES string of the molecule is CCOc1cc(CNc2cccc(NC(=O)CC(C)C)c2)cc(Cl)c1OC(C)C. The van der Waals surface area contributed by atoms with Crippen LogP contribution in [0.2, 0.25) is 5.02 Å². The summed E-state index contributed by atoms with van der Waals surface area (Å²) in [6, 6.07) is 11.5. The molecule has 0 saturated heterocycles. The summed E-state index contributed by atoms with van der Waals surface area (Å²) in [5, 5.41) is 6.83. The van der Waals surface area contributed by atoms with Crippen molar-refractivity contribution < 1.29 is 14.3 Å². The van der Waals surface area contributed by atoms with Gasteiger partial charge in [0.1, 0.15) is 0 Å². The van der Waals surface area contributed by atoms with Crippen molar-refractivity contribution in [1.29, 1.82) is 0 Å². The van der Waals surface area contributed by atoms with Crippen molar-refractivity contribution in [3.63, 3.8) is 0 Å². The minimum Gasteiger partial charge on any atom is -0.490 e. The maximum absolute atomic E-state index is 12.0. The molecule has 0 aliphatic rings. The molecule has 0 atom stereocenters. The van der Waals surface area contributed by atoms with Crippen molar-refractivity contribution in [3.8, 4) is 11.5 Å². The zero-order valence-corrected chi connectivity index (χ0v) is 18.6. The maximum atomic E-state index is 12.0. The van der Waals surface area contributed by atoms with Gasteiger partial charge in [0.15, 0.2) is 11.5 Å². The van der Waals surface area contributed by atoms with Crippen molar-refractivity contribution in [2.75, 3.05) is 17.2 Å². The summed E-state index contributed by atoms with van der Waals surface area (Å²) in [5.74, 6) is 1.55. The third-order valence-corrected chi connectivity index (χ3v) is 4.24. The lowest BCUT2D eigenvalue weighted by molar-refractivity contribution is -0.116. The van der Waals surface area contributed by atoms with Gasteiger partial charge in [-0.25, -0.2) is 0 Å². The quantitative estimate of drug-likeness (QED) is 0.487. The molecule has 2 aromatic rings. The van der Waals surface area contributed by atoms with Gasteiger partial charge in [-0.2, -0.15) is 0 Å². The minimum atomic E-state index is 0.00401. The number of carbonyl (C=O) groups is 1. The topological polar surface area (TPSA) is 59.6 Å². The highest BCUT2D eigenvalue weighted by Gasteiger charge is 2.14. The Balaban J connectivity index is 2.09. The Labute approximate surface area is 178 Å². The van der Waals surface area contributed by atoms with Gasteiger partial charge in [-0.15, -0.1) is 0 Å². The number of hydrogen-bond acceptors (Lipinski definition) is 4. The fourth-order valence-corrected chi connectivity index (χ4v) is 3.11. The lowest BCUT2D eigenvalue weighted by Gasteiger charge is -2.17. The van der Waals surface area contributed by atoms with Crippen molar-refractivity contribution in [1.82, 2.24) is 0 Å². The molecule has 0 aliphatic heterocycles. The molecule has 0 heterocycles. The molecule has 0 spiro atoms. The molecule has 0 aromatic heterocycles. The molecule has 0 fully saturated rings. The molecule has 2 rings (SSSR count). The average Bonchev–Trinajstić information content (AvgIpc) is 2.62. The van der Waals surface area contributed by atoms with Crippen molar-refractivity contribution in [2.24, 2.45) is 5.92 Å². The Kier molecular flexibility index (Phi) is 8.65. The Bertz CT molecular complexity index is 822. The second kappa shape index (κ2) is 11.0. The van der Waals surface area contributed by atoms with E-state index in [-0.39, 0.29) is 12.0 Å². The van der Waals surface area contributed by atoms with Gasteiger partial charge in [-0.1, -0.05) is 31.5 Å². The fraction of sp³-hybridized carbons (Fsp3) is 0.435. The molecule has 0 saturated carbocycles. The van der Waals surface area contributed by atoms with E-state index in [2.05, 4.69) is 10.6 Å². The van der Waals surface area contributed by atoms with Gasteiger partial charge in [0.05, 0.1) is 17.7 Å². The molecule has 0 unspecified atom stereocenters. The summed E-state index contributed by atoms with van der Waals surface area (Å²) in [6.07, 6.45) is 0.505. The standard InChI is InChI=1S/C23H31ClN2O3/c1-6-28-21-12-17(11-20(24)23(21)29-16(4)5)14-25-18-8-7-9-19(13-18)26-22(27)10-15(2)3/h7-9,11-13,15-16,25H,6,10,14H2,1-5H3,(H,26,27). The van der Waals surface area contributed by atoms with E-state index >= 15 is 0 Å². The van der Waals surface area contributed by atoms with Crippen LogP contribution in [-0.4, -0.2) is 18.6 Å². The molecule has 6 heteroatoms. The maximum Gasteiger partial charge on any atom is 0.224 e. The van der Waals surface area contributed by atoms with E-state index in [1.165, 1.54) is 0 Å². The highest BCUT2D eigenvalue weighted by Crippen LogP contribution is 2.37. The summed E-state index contributed by atoms with van der Waals surface area (Å²) in [5.41, 5.74) is 2.65. The van der Waals surface area contributed by atoms with Crippen LogP contribution >= 0.6 is 11.6 Å². The van der Waals surface area contributed by atoms with Crippen LogP contribution in [0.5, 0.6) is 11.5 Å².